The molecular weight excluding hydrogens is 229 g/mol. The molecule has 0 aromatic heterocycles. The monoisotopic (exact) mass is 251 g/mol. The highest BCUT2D eigenvalue weighted by molar-refractivity contribution is 5.20. The lowest BCUT2D eigenvalue weighted by atomic mass is 9.99. The van der Waals surface area contributed by atoms with Gasteiger partial charge in [-0.1, -0.05) is 25.5 Å². The summed E-state index contributed by atoms with van der Waals surface area (Å²) in [5, 5.41) is 13.0. The van der Waals surface area contributed by atoms with Crippen LogP contribution >= 0.6 is 0 Å². The molecule has 1 aromatic rings. The Kier molecular flexibility index (Phi) is 4.72. The van der Waals surface area contributed by atoms with Gasteiger partial charge in [-0.2, -0.15) is 0 Å². The van der Waals surface area contributed by atoms with E-state index in [-0.39, 0.29) is 18.5 Å². The molecule has 1 saturated carbocycles. The van der Waals surface area contributed by atoms with Crippen molar-refractivity contribution in [3.63, 3.8) is 0 Å². The number of benzene rings is 1. The maximum atomic E-state index is 12.9. The summed E-state index contributed by atoms with van der Waals surface area (Å²) in [6.45, 7) is 2.39. The number of hydrogen-bond acceptors (Lipinski definition) is 2. The molecule has 0 radical (unpaired) electrons. The van der Waals surface area contributed by atoms with E-state index in [1.807, 2.05) is 12.1 Å². The van der Waals surface area contributed by atoms with Crippen molar-refractivity contribution < 1.29 is 9.50 Å². The first-order valence-corrected chi connectivity index (χ1v) is 6.87. The van der Waals surface area contributed by atoms with Crippen molar-refractivity contribution in [2.75, 3.05) is 6.61 Å². The van der Waals surface area contributed by atoms with Gasteiger partial charge in [0.15, 0.2) is 0 Å². The summed E-state index contributed by atoms with van der Waals surface area (Å²) >= 11 is 0. The van der Waals surface area contributed by atoms with Crippen molar-refractivity contribution in [2.45, 2.75) is 44.7 Å². The number of halogens is 1. The highest BCUT2D eigenvalue weighted by Gasteiger charge is 2.28. The summed E-state index contributed by atoms with van der Waals surface area (Å²) in [5.41, 5.74) is 1.13. The predicted octanol–water partition coefficient (Wildman–Crippen LogP) is 3.03. The molecule has 2 rings (SSSR count). The highest BCUT2D eigenvalue weighted by atomic mass is 19.1. The zero-order chi connectivity index (χ0) is 13.0. The Morgan fingerprint density at radius 1 is 1.33 bits per heavy atom. The van der Waals surface area contributed by atoms with E-state index >= 15 is 0 Å². The minimum atomic E-state index is -0.192. The van der Waals surface area contributed by atoms with Crippen molar-refractivity contribution in [1.29, 1.82) is 0 Å². The third-order valence-corrected chi connectivity index (χ3v) is 3.99. The fourth-order valence-corrected chi connectivity index (χ4v) is 2.88. The van der Waals surface area contributed by atoms with Gasteiger partial charge in [0.25, 0.3) is 0 Å². The minimum absolute atomic E-state index is 0.192. The molecule has 0 heterocycles. The molecule has 2 N–H and O–H groups in total. The first-order chi connectivity index (χ1) is 8.74. The maximum Gasteiger partial charge on any atom is 0.123 e. The van der Waals surface area contributed by atoms with Crippen LogP contribution in [0.2, 0.25) is 0 Å². The van der Waals surface area contributed by atoms with E-state index < -0.39 is 0 Å². The molecule has 0 aliphatic heterocycles. The second-order valence-corrected chi connectivity index (χ2v) is 5.16. The third kappa shape index (κ3) is 3.09. The topological polar surface area (TPSA) is 32.3 Å². The van der Waals surface area contributed by atoms with Crippen molar-refractivity contribution in [3.05, 3.63) is 35.6 Å². The lowest BCUT2D eigenvalue weighted by Crippen LogP contribution is -2.36. The second kappa shape index (κ2) is 6.30. The van der Waals surface area contributed by atoms with Crippen molar-refractivity contribution >= 4 is 0 Å². The van der Waals surface area contributed by atoms with Crippen LogP contribution in [0.15, 0.2) is 24.3 Å². The SMILES string of the molecule is CCC(NC1CCCC1CO)c1ccc(F)cc1. The van der Waals surface area contributed by atoms with Gasteiger partial charge >= 0.3 is 0 Å². The van der Waals surface area contributed by atoms with Crippen LogP contribution in [0.25, 0.3) is 0 Å². The Balaban J connectivity index is 2.02. The zero-order valence-corrected chi connectivity index (χ0v) is 10.9. The van der Waals surface area contributed by atoms with Crippen LogP contribution in [0, 0.1) is 11.7 Å². The lowest BCUT2D eigenvalue weighted by Gasteiger charge is -2.26. The van der Waals surface area contributed by atoms with Gasteiger partial charge < -0.3 is 10.4 Å². The Bertz CT molecular complexity index is 365. The molecule has 100 valence electrons. The van der Waals surface area contributed by atoms with Gasteiger partial charge in [0.05, 0.1) is 0 Å². The average Bonchev–Trinajstić information content (AvgIpc) is 2.84. The Hall–Kier alpha value is -0.930. The van der Waals surface area contributed by atoms with Gasteiger partial charge in [0.2, 0.25) is 0 Å². The largest absolute Gasteiger partial charge is 0.396 e. The average molecular weight is 251 g/mol. The highest BCUT2D eigenvalue weighted by Crippen LogP contribution is 2.28. The molecular formula is C15H22FNO. The Morgan fingerprint density at radius 3 is 2.67 bits per heavy atom. The summed E-state index contributed by atoms with van der Waals surface area (Å²) in [7, 11) is 0. The van der Waals surface area contributed by atoms with Crippen LogP contribution in [0.4, 0.5) is 4.39 Å². The number of nitrogens with one attached hydrogen (secondary N) is 1. The Labute approximate surface area is 108 Å². The molecule has 18 heavy (non-hydrogen) atoms. The van der Waals surface area contributed by atoms with E-state index in [4.69, 9.17) is 0 Å². The molecule has 0 bridgehead atoms. The van der Waals surface area contributed by atoms with E-state index in [9.17, 15) is 9.50 Å². The number of aliphatic hydroxyl groups is 1. The summed E-state index contributed by atoms with van der Waals surface area (Å²) in [5.74, 6) is 0.183. The van der Waals surface area contributed by atoms with Gasteiger partial charge in [0.1, 0.15) is 5.82 Å². The van der Waals surface area contributed by atoms with Crippen molar-refractivity contribution in [1.82, 2.24) is 5.32 Å². The lowest BCUT2D eigenvalue weighted by molar-refractivity contribution is 0.198. The summed E-state index contributed by atoms with van der Waals surface area (Å²) < 4.78 is 12.9. The standard InChI is InChI=1S/C15H22FNO/c1-2-14(11-6-8-13(16)9-7-11)17-15-5-3-4-12(15)10-18/h6-9,12,14-15,17-18H,2-5,10H2,1H3. The van der Waals surface area contributed by atoms with Gasteiger partial charge in [-0.25, -0.2) is 4.39 Å². The molecule has 1 fully saturated rings. The van der Waals surface area contributed by atoms with E-state index in [0.29, 0.717) is 12.0 Å². The van der Waals surface area contributed by atoms with Gasteiger partial charge in [0, 0.05) is 18.7 Å². The first-order valence-electron chi connectivity index (χ1n) is 6.87. The van der Waals surface area contributed by atoms with E-state index in [1.165, 1.54) is 18.6 Å². The predicted molar refractivity (Wildman–Crippen MR) is 70.8 cm³/mol. The normalized spacial score (nSPS) is 25.3. The minimum Gasteiger partial charge on any atom is -0.396 e. The second-order valence-electron chi connectivity index (χ2n) is 5.16. The Morgan fingerprint density at radius 2 is 2.06 bits per heavy atom. The fraction of sp³-hybridized carbons (Fsp3) is 0.600. The molecule has 3 unspecified atom stereocenters. The number of rotatable bonds is 5. The van der Waals surface area contributed by atoms with E-state index in [0.717, 1.165) is 24.8 Å². The number of aliphatic hydroxyl groups excluding tert-OH is 1. The smallest absolute Gasteiger partial charge is 0.123 e. The van der Waals surface area contributed by atoms with Crippen LogP contribution < -0.4 is 5.32 Å². The first kappa shape index (κ1) is 13.5. The van der Waals surface area contributed by atoms with E-state index in [1.54, 1.807) is 0 Å². The van der Waals surface area contributed by atoms with Gasteiger partial charge in [-0.3, -0.25) is 0 Å². The van der Waals surface area contributed by atoms with Crippen molar-refractivity contribution in [3.8, 4) is 0 Å². The summed E-state index contributed by atoms with van der Waals surface area (Å²) in [6, 6.07) is 7.36. The summed E-state index contributed by atoms with van der Waals surface area (Å²) in [4.78, 5) is 0. The maximum absolute atomic E-state index is 12.9. The molecule has 1 aromatic carbocycles. The van der Waals surface area contributed by atoms with Gasteiger partial charge in [-0.15, -0.1) is 0 Å². The third-order valence-electron chi connectivity index (χ3n) is 3.99. The quantitative estimate of drug-likeness (QED) is 0.843. The van der Waals surface area contributed by atoms with Crippen LogP contribution in [0.5, 0.6) is 0 Å². The van der Waals surface area contributed by atoms with Crippen LogP contribution in [0.1, 0.15) is 44.2 Å². The zero-order valence-electron chi connectivity index (χ0n) is 10.9. The van der Waals surface area contributed by atoms with Crippen LogP contribution in [-0.2, 0) is 0 Å². The molecule has 0 amide bonds. The van der Waals surface area contributed by atoms with Crippen LogP contribution in [-0.4, -0.2) is 17.8 Å². The molecule has 0 spiro atoms. The van der Waals surface area contributed by atoms with E-state index in [2.05, 4.69) is 12.2 Å². The fourth-order valence-electron chi connectivity index (χ4n) is 2.88. The summed E-state index contributed by atoms with van der Waals surface area (Å²) in [6.07, 6.45) is 4.39. The van der Waals surface area contributed by atoms with Crippen molar-refractivity contribution in [2.24, 2.45) is 5.92 Å². The molecule has 3 heteroatoms. The molecule has 1 aliphatic rings. The molecule has 0 saturated heterocycles. The van der Waals surface area contributed by atoms with Crippen LogP contribution in [0.3, 0.4) is 0 Å². The molecule has 3 atom stereocenters. The molecule has 1 aliphatic carbocycles. The van der Waals surface area contributed by atoms with Gasteiger partial charge in [-0.05, 0) is 42.9 Å². The number of hydrogen-bond donors (Lipinski definition) is 2. The molecule has 2 nitrogen and oxygen atoms in total.